The average molecular weight is 460 g/mol. The van der Waals surface area contributed by atoms with E-state index in [0.29, 0.717) is 5.69 Å². The van der Waals surface area contributed by atoms with E-state index in [4.69, 9.17) is 14.2 Å². The standard InChI is InChI=1S/C19H27NO12/c21-5-9-11(23)12(24)15(27)19(31-9)32-16-10(6-22)30-17(14(26)13(16)25)20-8-3-1-7(2-4-8)18(28)29/h1-4,9-17,19-27H,5-6H2,(H,28,29)/p-1/t9-,10-,11+,12+,13-,14-,15+,16+,17-,19+/m0/s1. The van der Waals surface area contributed by atoms with Crippen LogP contribution >= 0.6 is 0 Å². The maximum absolute atomic E-state index is 10.8. The topological polar surface area (TPSA) is 221 Å². The van der Waals surface area contributed by atoms with E-state index >= 15 is 0 Å². The normalized spacial score (nSPS) is 40.1. The van der Waals surface area contributed by atoms with Crippen LogP contribution in [-0.4, -0.2) is 116 Å². The summed E-state index contributed by atoms with van der Waals surface area (Å²) >= 11 is 0. The number of aliphatic hydroxyl groups excluding tert-OH is 7. The molecule has 13 nitrogen and oxygen atoms in total. The molecular formula is C19H26NO12-. The summed E-state index contributed by atoms with van der Waals surface area (Å²) in [5.74, 6) is -1.37. The van der Waals surface area contributed by atoms with Gasteiger partial charge in [0.2, 0.25) is 0 Å². The van der Waals surface area contributed by atoms with Crippen molar-refractivity contribution in [2.24, 2.45) is 0 Å². The maximum Gasteiger partial charge on any atom is 0.187 e. The molecule has 8 N–H and O–H groups in total. The summed E-state index contributed by atoms with van der Waals surface area (Å²) in [7, 11) is 0. The van der Waals surface area contributed by atoms with E-state index in [0.717, 1.165) is 0 Å². The minimum Gasteiger partial charge on any atom is -0.545 e. The molecule has 0 aliphatic carbocycles. The van der Waals surface area contributed by atoms with Crippen LogP contribution in [0.5, 0.6) is 0 Å². The van der Waals surface area contributed by atoms with Gasteiger partial charge in [-0.25, -0.2) is 0 Å². The van der Waals surface area contributed by atoms with Crippen molar-refractivity contribution >= 4 is 11.7 Å². The first-order chi connectivity index (χ1) is 15.2. The second-order valence-corrected chi connectivity index (χ2v) is 7.57. The third-order valence-corrected chi connectivity index (χ3v) is 5.43. The Morgan fingerprint density at radius 1 is 0.875 bits per heavy atom. The van der Waals surface area contributed by atoms with Crippen LogP contribution in [0.25, 0.3) is 0 Å². The average Bonchev–Trinajstić information content (AvgIpc) is 2.79. The molecule has 1 aromatic carbocycles. The summed E-state index contributed by atoms with van der Waals surface area (Å²) in [5.41, 5.74) is 0.276. The molecular weight excluding hydrogens is 434 g/mol. The highest BCUT2D eigenvalue weighted by molar-refractivity contribution is 5.86. The molecule has 0 aromatic heterocycles. The Hall–Kier alpha value is -1.91. The number of carbonyl (C=O) groups is 1. The van der Waals surface area contributed by atoms with Crippen molar-refractivity contribution in [3.05, 3.63) is 29.8 Å². The third-order valence-electron chi connectivity index (χ3n) is 5.43. The van der Waals surface area contributed by atoms with Crippen LogP contribution in [0.1, 0.15) is 10.4 Å². The molecule has 2 aliphatic heterocycles. The fourth-order valence-electron chi connectivity index (χ4n) is 3.58. The molecule has 3 rings (SSSR count). The molecule has 1 aromatic rings. The van der Waals surface area contributed by atoms with Gasteiger partial charge in [-0.1, -0.05) is 12.1 Å². The van der Waals surface area contributed by atoms with Crippen LogP contribution < -0.4 is 10.4 Å². The fraction of sp³-hybridized carbons (Fsp3) is 0.632. The van der Waals surface area contributed by atoms with Gasteiger partial charge in [-0.15, -0.1) is 0 Å². The summed E-state index contributed by atoms with van der Waals surface area (Å²) in [6.07, 6.45) is -15.1. The molecule has 13 heteroatoms. The molecule has 32 heavy (non-hydrogen) atoms. The lowest BCUT2D eigenvalue weighted by molar-refractivity contribution is -0.340. The summed E-state index contributed by atoms with van der Waals surface area (Å²) in [5, 5.41) is 83.5. The van der Waals surface area contributed by atoms with Crippen LogP contribution in [0.3, 0.4) is 0 Å². The van der Waals surface area contributed by atoms with Crippen molar-refractivity contribution in [2.45, 2.75) is 61.3 Å². The Morgan fingerprint density at radius 2 is 1.50 bits per heavy atom. The predicted octanol–water partition coefficient (Wildman–Crippen LogP) is -4.91. The third kappa shape index (κ3) is 5.02. The minimum absolute atomic E-state index is 0.0677. The fourth-order valence-corrected chi connectivity index (χ4v) is 3.58. The van der Waals surface area contributed by atoms with Crippen molar-refractivity contribution in [3.8, 4) is 0 Å². The molecule has 0 amide bonds. The minimum atomic E-state index is -1.76. The molecule has 10 atom stereocenters. The van der Waals surface area contributed by atoms with Crippen molar-refractivity contribution in [1.29, 1.82) is 0 Å². The highest BCUT2D eigenvalue weighted by Crippen LogP contribution is 2.29. The molecule has 180 valence electrons. The van der Waals surface area contributed by atoms with Gasteiger partial charge in [-0.3, -0.25) is 0 Å². The first-order valence-electron chi connectivity index (χ1n) is 9.84. The maximum atomic E-state index is 10.8. The highest BCUT2D eigenvalue weighted by atomic mass is 16.7. The highest BCUT2D eigenvalue weighted by Gasteiger charge is 2.50. The first kappa shape index (κ1) is 24.7. The van der Waals surface area contributed by atoms with Gasteiger partial charge in [0.1, 0.15) is 48.8 Å². The van der Waals surface area contributed by atoms with Crippen molar-refractivity contribution in [3.63, 3.8) is 0 Å². The molecule has 0 spiro atoms. The second kappa shape index (κ2) is 10.4. The van der Waals surface area contributed by atoms with Gasteiger partial charge >= 0.3 is 0 Å². The Bertz CT molecular complexity index is 759. The number of hydrogen-bond acceptors (Lipinski definition) is 13. The number of anilines is 1. The van der Waals surface area contributed by atoms with Gasteiger partial charge < -0.3 is 65.2 Å². The van der Waals surface area contributed by atoms with Gasteiger partial charge in [-0.05, 0) is 17.7 Å². The Morgan fingerprint density at radius 3 is 2.06 bits per heavy atom. The molecule has 2 aliphatic rings. The lowest BCUT2D eigenvalue weighted by Crippen LogP contribution is -2.65. The van der Waals surface area contributed by atoms with Gasteiger partial charge in [0.05, 0.1) is 19.2 Å². The Balaban J connectivity index is 1.70. The van der Waals surface area contributed by atoms with Crippen LogP contribution in [0.4, 0.5) is 5.69 Å². The van der Waals surface area contributed by atoms with E-state index in [-0.39, 0.29) is 5.56 Å². The Labute approximate surface area is 182 Å². The quantitative estimate of drug-likeness (QED) is 0.191. The summed E-state index contributed by atoms with van der Waals surface area (Å²) in [4.78, 5) is 10.8. The number of ether oxygens (including phenoxy) is 3. The summed E-state index contributed by atoms with van der Waals surface area (Å²) in [6, 6.07) is 5.30. The largest absolute Gasteiger partial charge is 0.545 e. The number of carboxylic acids is 1. The number of hydrogen-bond donors (Lipinski definition) is 8. The van der Waals surface area contributed by atoms with Crippen molar-refractivity contribution in [2.75, 3.05) is 18.5 Å². The number of benzene rings is 1. The number of aliphatic hydroxyl groups is 7. The predicted molar refractivity (Wildman–Crippen MR) is 101 cm³/mol. The molecule has 0 unspecified atom stereocenters. The van der Waals surface area contributed by atoms with Gasteiger partial charge in [0.15, 0.2) is 12.5 Å². The van der Waals surface area contributed by atoms with Crippen LogP contribution in [0, 0.1) is 0 Å². The monoisotopic (exact) mass is 460 g/mol. The van der Waals surface area contributed by atoms with Gasteiger partial charge in [0, 0.05) is 5.69 Å². The van der Waals surface area contributed by atoms with Crippen LogP contribution in [0.15, 0.2) is 24.3 Å². The lowest BCUT2D eigenvalue weighted by atomic mass is 9.96. The summed E-state index contributed by atoms with van der Waals surface area (Å²) in [6.45, 7) is -1.36. The number of carbonyl (C=O) groups excluding carboxylic acids is 1. The van der Waals surface area contributed by atoms with E-state index in [1.165, 1.54) is 24.3 Å². The summed E-state index contributed by atoms with van der Waals surface area (Å²) < 4.78 is 16.3. The van der Waals surface area contributed by atoms with E-state index < -0.39 is 80.5 Å². The number of rotatable bonds is 7. The molecule has 0 saturated carbocycles. The zero-order valence-corrected chi connectivity index (χ0v) is 16.7. The van der Waals surface area contributed by atoms with E-state index in [1.807, 2.05) is 0 Å². The lowest BCUT2D eigenvalue weighted by Gasteiger charge is -2.46. The molecule has 2 saturated heterocycles. The number of nitrogens with one attached hydrogen (secondary N) is 1. The van der Waals surface area contributed by atoms with Gasteiger partial charge in [-0.2, -0.15) is 0 Å². The Kier molecular flexibility index (Phi) is 8.00. The molecule has 0 radical (unpaired) electrons. The molecule has 2 heterocycles. The number of carboxylic acid groups (broad SMARTS) is 1. The van der Waals surface area contributed by atoms with E-state index in [1.54, 1.807) is 0 Å². The molecule has 2 fully saturated rings. The second-order valence-electron chi connectivity index (χ2n) is 7.57. The first-order valence-corrected chi connectivity index (χ1v) is 9.84. The zero-order chi connectivity index (χ0) is 23.6. The van der Waals surface area contributed by atoms with Gasteiger partial charge in [0.25, 0.3) is 0 Å². The van der Waals surface area contributed by atoms with Crippen LogP contribution in [-0.2, 0) is 14.2 Å². The van der Waals surface area contributed by atoms with E-state index in [2.05, 4.69) is 5.32 Å². The van der Waals surface area contributed by atoms with Crippen LogP contribution in [0.2, 0.25) is 0 Å². The molecule has 0 bridgehead atoms. The zero-order valence-electron chi connectivity index (χ0n) is 16.7. The van der Waals surface area contributed by atoms with Crippen molar-refractivity contribution in [1.82, 2.24) is 0 Å². The number of aromatic carboxylic acids is 1. The van der Waals surface area contributed by atoms with E-state index in [9.17, 15) is 45.6 Å². The smallest absolute Gasteiger partial charge is 0.187 e. The SMILES string of the molecule is O=C([O-])c1ccc(N[C@H]2O[C@@H](CO)[C@@H](O[C@H]3O[C@@H](CO)[C@@H](O)[C@@H](O)[C@H]3O)[C@@H](O)[C@@H]2O)cc1. The van der Waals surface area contributed by atoms with Crippen molar-refractivity contribution < 1.29 is 59.9 Å².